The van der Waals surface area contributed by atoms with E-state index in [1.807, 2.05) is 35.2 Å². The van der Waals surface area contributed by atoms with Crippen molar-refractivity contribution in [3.63, 3.8) is 0 Å². The number of carbonyl (C=O) groups is 2. The zero-order chi connectivity index (χ0) is 19.8. The quantitative estimate of drug-likeness (QED) is 0.745. The first-order valence-corrected chi connectivity index (χ1v) is 9.64. The van der Waals surface area contributed by atoms with Crippen LogP contribution in [0.1, 0.15) is 36.0 Å². The summed E-state index contributed by atoms with van der Waals surface area (Å²) in [6.45, 7) is 1.74. The molecule has 28 heavy (non-hydrogen) atoms. The van der Waals surface area contributed by atoms with Crippen molar-refractivity contribution in [3.05, 3.63) is 66.0 Å². The monoisotopic (exact) mass is 384 g/mol. The number of benzene rings is 2. The number of piperidine rings is 1. The second-order valence-electron chi connectivity index (χ2n) is 6.90. The van der Waals surface area contributed by atoms with E-state index < -0.39 is 5.82 Å². The largest absolute Gasteiger partial charge is 0.494 e. The van der Waals surface area contributed by atoms with E-state index in [1.165, 1.54) is 18.2 Å². The molecule has 3 rings (SSSR count). The minimum absolute atomic E-state index is 0.00114. The summed E-state index contributed by atoms with van der Waals surface area (Å²) in [4.78, 5) is 26.4. The lowest BCUT2D eigenvalue weighted by atomic mass is 10.0. The standard InChI is InChI=1S/C22H25FN2O3/c23-18-7-4-6-17(16-18)22(27)24-19-11-13-25(14-12-19)21(26)10-5-15-28-20-8-2-1-3-9-20/h1-4,6-9,16,19H,5,10-15H2,(H,24,27). The smallest absolute Gasteiger partial charge is 0.251 e. The van der Waals surface area contributed by atoms with E-state index in [2.05, 4.69) is 5.32 Å². The number of nitrogens with one attached hydrogen (secondary N) is 1. The molecule has 0 aliphatic carbocycles. The van der Waals surface area contributed by atoms with Crippen molar-refractivity contribution in [1.29, 1.82) is 0 Å². The second-order valence-corrected chi connectivity index (χ2v) is 6.90. The maximum absolute atomic E-state index is 13.2. The van der Waals surface area contributed by atoms with Crippen LogP contribution in [0, 0.1) is 5.82 Å². The molecule has 0 radical (unpaired) electrons. The van der Waals surface area contributed by atoms with E-state index in [1.54, 1.807) is 6.07 Å². The summed E-state index contributed by atoms with van der Waals surface area (Å²) in [6.07, 6.45) is 2.53. The number of ether oxygens (including phenoxy) is 1. The Morgan fingerprint density at radius 3 is 2.54 bits per heavy atom. The van der Waals surface area contributed by atoms with Gasteiger partial charge in [0.1, 0.15) is 11.6 Å². The molecule has 0 saturated carbocycles. The SMILES string of the molecule is O=C(NC1CCN(C(=O)CCCOc2ccccc2)CC1)c1cccc(F)c1. The molecule has 0 spiro atoms. The van der Waals surface area contributed by atoms with Gasteiger partial charge in [0.05, 0.1) is 6.61 Å². The molecule has 6 heteroatoms. The van der Waals surface area contributed by atoms with Gasteiger partial charge in [-0.1, -0.05) is 24.3 Å². The van der Waals surface area contributed by atoms with Crippen LogP contribution in [-0.4, -0.2) is 42.5 Å². The Morgan fingerprint density at radius 2 is 1.82 bits per heavy atom. The molecule has 1 aliphatic heterocycles. The van der Waals surface area contributed by atoms with Gasteiger partial charge in [-0.25, -0.2) is 4.39 Å². The molecule has 1 saturated heterocycles. The Balaban J connectivity index is 1.35. The molecule has 1 heterocycles. The number of halogens is 1. The van der Waals surface area contributed by atoms with Gasteiger partial charge in [0, 0.05) is 31.1 Å². The van der Waals surface area contributed by atoms with Crippen molar-refractivity contribution < 1.29 is 18.7 Å². The summed E-state index contributed by atoms with van der Waals surface area (Å²) in [5, 5.41) is 2.93. The highest BCUT2D eigenvalue weighted by molar-refractivity contribution is 5.94. The third-order valence-corrected chi connectivity index (χ3v) is 4.82. The van der Waals surface area contributed by atoms with Crippen molar-refractivity contribution in [2.75, 3.05) is 19.7 Å². The normalized spacial score (nSPS) is 14.5. The Kier molecular flexibility index (Phi) is 7.00. The number of carbonyl (C=O) groups excluding carboxylic acids is 2. The predicted octanol–water partition coefficient (Wildman–Crippen LogP) is 3.41. The minimum atomic E-state index is -0.427. The van der Waals surface area contributed by atoms with Crippen LogP contribution in [0.5, 0.6) is 5.75 Å². The van der Waals surface area contributed by atoms with Gasteiger partial charge < -0.3 is 15.0 Å². The molecule has 1 N–H and O–H groups in total. The molecule has 0 unspecified atom stereocenters. The first kappa shape index (κ1) is 19.9. The maximum atomic E-state index is 13.2. The van der Waals surface area contributed by atoms with Crippen molar-refractivity contribution in [2.45, 2.75) is 31.7 Å². The molecule has 5 nitrogen and oxygen atoms in total. The Morgan fingerprint density at radius 1 is 1.07 bits per heavy atom. The Labute approximate surface area is 164 Å². The number of hydrogen-bond acceptors (Lipinski definition) is 3. The summed E-state index contributed by atoms with van der Waals surface area (Å²) >= 11 is 0. The van der Waals surface area contributed by atoms with Crippen LogP contribution in [-0.2, 0) is 4.79 Å². The molecule has 1 aliphatic rings. The first-order valence-electron chi connectivity index (χ1n) is 9.64. The van der Waals surface area contributed by atoms with Crippen molar-refractivity contribution in [1.82, 2.24) is 10.2 Å². The third kappa shape index (κ3) is 5.81. The molecule has 2 amide bonds. The fourth-order valence-electron chi connectivity index (χ4n) is 3.26. The zero-order valence-corrected chi connectivity index (χ0v) is 15.8. The highest BCUT2D eigenvalue weighted by Crippen LogP contribution is 2.14. The minimum Gasteiger partial charge on any atom is -0.494 e. The number of nitrogens with zero attached hydrogens (tertiary/aromatic N) is 1. The van der Waals surface area contributed by atoms with Gasteiger partial charge in [-0.2, -0.15) is 0 Å². The molecular weight excluding hydrogens is 359 g/mol. The van der Waals surface area contributed by atoms with E-state index in [4.69, 9.17) is 4.74 Å². The van der Waals surface area contributed by atoms with Gasteiger partial charge in [-0.15, -0.1) is 0 Å². The first-order chi connectivity index (χ1) is 13.6. The topological polar surface area (TPSA) is 58.6 Å². The molecular formula is C22H25FN2O3. The lowest BCUT2D eigenvalue weighted by Gasteiger charge is -2.32. The average Bonchev–Trinajstić information content (AvgIpc) is 2.72. The van der Waals surface area contributed by atoms with Gasteiger partial charge in [0.25, 0.3) is 5.91 Å². The number of amides is 2. The van der Waals surface area contributed by atoms with E-state index >= 15 is 0 Å². The third-order valence-electron chi connectivity index (χ3n) is 4.82. The van der Waals surface area contributed by atoms with Crippen LogP contribution < -0.4 is 10.1 Å². The van der Waals surface area contributed by atoms with Crippen LogP contribution in [0.2, 0.25) is 0 Å². The Hall–Kier alpha value is -2.89. The molecule has 2 aromatic carbocycles. The molecule has 2 aromatic rings. The molecule has 148 valence electrons. The van der Waals surface area contributed by atoms with Crippen molar-refractivity contribution in [2.24, 2.45) is 0 Å². The average molecular weight is 384 g/mol. The van der Waals surface area contributed by atoms with Crippen LogP contribution >= 0.6 is 0 Å². The van der Waals surface area contributed by atoms with Crippen molar-refractivity contribution >= 4 is 11.8 Å². The summed E-state index contributed by atoms with van der Waals surface area (Å²) < 4.78 is 18.8. The summed E-state index contributed by atoms with van der Waals surface area (Å²) in [7, 11) is 0. The van der Waals surface area contributed by atoms with Crippen LogP contribution in [0.4, 0.5) is 4.39 Å². The number of para-hydroxylation sites is 1. The maximum Gasteiger partial charge on any atom is 0.251 e. The molecule has 0 atom stereocenters. The number of rotatable bonds is 7. The summed E-state index contributed by atoms with van der Waals surface area (Å²) in [5.74, 6) is 0.225. The van der Waals surface area contributed by atoms with Crippen LogP contribution in [0.15, 0.2) is 54.6 Å². The second kappa shape index (κ2) is 9.88. The van der Waals surface area contributed by atoms with Gasteiger partial charge >= 0.3 is 0 Å². The Bertz CT molecular complexity index is 789. The van der Waals surface area contributed by atoms with Gasteiger partial charge in [-0.05, 0) is 49.6 Å². The van der Waals surface area contributed by atoms with Crippen molar-refractivity contribution in [3.8, 4) is 5.75 Å². The number of likely N-dealkylation sites (tertiary alicyclic amines) is 1. The molecule has 1 fully saturated rings. The van der Waals surface area contributed by atoms with E-state index in [9.17, 15) is 14.0 Å². The molecule has 0 aromatic heterocycles. The van der Waals surface area contributed by atoms with E-state index in [0.717, 1.165) is 5.75 Å². The lowest BCUT2D eigenvalue weighted by Crippen LogP contribution is -2.46. The number of hydrogen-bond donors (Lipinski definition) is 1. The van der Waals surface area contributed by atoms with Crippen LogP contribution in [0.3, 0.4) is 0 Å². The predicted molar refractivity (Wildman–Crippen MR) is 105 cm³/mol. The molecule has 0 bridgehead atoms. The highest BCUT2D eigenvalue weighted by atomic mass is 19.1. The zero-order valence-electron chi connectivity index (χ0n) is 15.8. The fourth-order valence-corrected chi connectivity index (χ4v) is 3.26. The summed E-state index contributed by atoms with van der Waals surface area (Å²) in [6, 6.07) is 15.2. The van der Waals surface area contributed by atoms with E-state index in [0.29, 0.717) is 50.9 Å². The van der Waals surface area contributed by atoms with Crippen LogP contribution in [0.25, 0.3) is 0 Å². The lowest BCUT2D eigenvalue weighted by molar-refractivity contribution is -0.132. The van der Waals surface area contributed by atoms with E-state index in [-0.39, 0.29) is 17.9 Å². The fraction of sp³-hybridized carbons (Fsp3) is 0.364. The van der Waals surface area contributed by atoms with Gasteiger partial charge in [-0.3, -0.25) is 9.59 Å². The van der Waals surface area contributed by atoms with Gasteiger partial charge in [0.15, 0.2) is 0 Å². The van der Waals surface area contributed by atoms with Gasteiger partial charge in [0.2, 0.25) is 5.91 Å². The highest BCUT2D eigenvalue weighted by Gasteiger charge is 2.24. The summed E-state index contributed by atoms with van der Waals surface area (Å²) in [5.41, 5.74) is 0.317.